The zero-order chi connectivity index (χ0) is 34.4. The molecule has 1 unspecified atom stereocenters. The van der Waals surface area contributed by atoms with E-state index in [4.69, 9.17) is 4.74 Å². The van der Waals surface area contributed by atoms with Crippen LogP contribution in [0.2, 0.25) is 0 Å². The van der Waals surface area contributed by atoms with Gasteiger partial charge in [0.05, 0.1) is 30.1 Å². The summed E-state index contributed by atoms with van der Waals surface area (Å²) in [5.74, 6) is 0. The average molecular weight is 668 g/mol. The molecule has 258 valence electrons. The van der Waals surface area contributed by atoms with E-state index >= 15 is 0 Å². The summed E-state index contributed by atoms with van der Waals surface area (Å²) in [6.45, 7) is 7.44. The highest BCUT2D eigenvalue weighted by Gasteiger charge is 2.56. The minimum absolute atomic E-state index is 0.0918. The Hall–Kier alpha value is -4.71. The van der Waals surface area contributed by atoms with Gasteiger partial charge in [0.25, 0.3) is 5.56 Å². The molecule has 4 heterocycles. The van der Waals surface area contributed by atoms with Gasteiger partial charge in [0, 0.05) is 38.1 Å². The topological polar surface area (TPSA) is 126 Å². The van der Waals surface area contributed by atoms with Crippen LogP contribution in [0, 0.1) is 5.41 Å². The molecule has 1 N–H and O–H groups in total. The molecule has 7 rings (SSSR count). The normalized spacial score (nSPS) is 22.5. The molecule has 12 nitrogen and oxygen atoms in total. The average Bonchev–Trinajstić information content (AvgIpc) is 3.76. The summed E-state index contributed by atoms with van der Waals surface area (Å²) in [4.78, 5) is 51.3. The number of carbonyl (C=O) groups excluding carboxylic acids is 2. The Morgan fingerprint density at radius 2 is 1.63 bits per heavy atom. The van der Waals surface area contributed by atoms with E-state index in [0.717, 1.165) is 36.9 Å². The van der Waals surface area contributed by atoms with Crippen molar-refractivity contribution in [2.24, 2.45) is 5.41 Å². The highest BCUT2D eigenvalue weighted by atomic mass is 16.6. The molecule has 3 fully saturated rings. The first kappa shape index (κ1) is 32.8. The summed E-state index contributed by atoms with van der Waals surface area (Å²) in [5, 5.41) is 17.3. The van der Waals surface area contributed by atoms with E-state index in [1.54, 1.807) is 9.58 Å². The second-order valence-corrected chi connectivity index (χ2v) is 14.8. The van der Waals surface area contributed by atoms with Gasteiger partial charge in [-0.05, 0) is 57.7 Å². The van der Waals surface area contributed by atoms with Crippen molar-refractivity contribution in [1.29, 1.82) is 0 Å². The Morgan fingerprint density at radius 3 is 2.33 bits per heavy atom. The molecule has 2 aromatic carbocycles. The number of aliphatic hydroxyl groups is 1. The van der Waals surface area contributed by atoms with E-state index < -0.39 is 16.6 Å². The number of fused-ring (bicyclic) bond motifs is 1. The van der Waals surface area contributed by atoms with Crippen molar-refractivity contribution in [2.45, 2.75) is 76.7 Å². The summed E-state index contributed by atoms with van der Waals surface area (Å²) in [6, 6.07) is 18.9. The van der Waals surface area contributed by atoms with Crippen LogP contribution in [-0.2, 0) is 11.3 Å². The maximum atomic E-state index is 14.4. The van der Waals surface area contributed by atoms with Crippen LogP contribution in [0.15, 0.2) is 78.0 Å². The highest BCUT2D eigenvalue weighted by molar-refractivity contribution is 5.77. The van der Waals surface area contributed by atoms with Gasteiger partial charge < -0.3 is 24.5 Å². The summed E-state index contributed by atoms with van der Waals surface area (Å²) < 4.78 is 8.83. The number of hydrogen-bond acceptors (Lipinski definition) is 7. The third-order valence-corrected chi connectivity index (χ3v) is 10.6. The summed E-state index contributed by atoms with van der Waals surface area (Å²) in [5.41, 5.74) is -0.415. The molecule has 2 saturated heterocycles. The number of aromatic nitrogens is 4. The number of nitrogens with zero attached hydrogens (tertiary/aromatic N) is 7. The molecule has 49 heavy (non-hydrogen) atoms. The van der Waals surface area contributed by atoms with Crippen LogP contribution in [0.3, 0.4) is 0 Å². The molecule has 2 aromatic heterocycles. The van der Waals surface area contributed by atoms with Crippen molar-refractivity contribution < 1.29 is 19.4 Å². The molecule has 3 amide bonds. The van der Waals surface area contributed by atoms with Crippen molar-refractivity contribution in [3.8, 4) is 5.69 Å². The van der Waals surface area contributed by atoms with Crippen LogP contribution in [0.5, 0.6) is 0 Å². The molecule has 0 radical (unpaired) electrons. The minimum Gasteiger partial charge on any atom is -0.444 e. The predicted octanol–water partition coefficient (Wildman–Crippen LogP) is 4.99. The molecule has 1 aliphatic carbocycles. The van der Waals surface area contributed by atoms with Gasteiger partial charge in [-0.25, -0.2) is 19.3 Å². The van der Waals surface area contributed by atoms with Gasteiger partial charge in [0.2, 0.25) is 0 Å². The number of piperazine rings is 1. The third-order valence-electron chi connectivity index (χ3n) is 10.6. The molecule has 2 aliphatic heterocycles. The monoisotopic (exact) mass is 667 g/mol. The Kier molecular flexibility index (Phi) is 8.46. The number of amides is 3. The lowest BCUT2D eigenvalue weighted by atomic mass is 9.66. The lowest BCUT2D eigenvalue weighted by Gasteiger charge is -2.53. The number of urea groups is 1. The lowest BCUT2D eigenvalue weighted by Crippen LogP contribution is -2.64. The first-order valence-electron chi connectivity index (χ1n) is 17.3. The fraction of sp³-hybridized carbons (Fsp3) is 0.486. The first-order chi connectivity index (χ1) is 23.5. The molecule has 0 bridgehead atoms. The van der Waals surface area contributed by atoms with E-state index in [-0.39, 0.29) is 30.3 Å². The number of hydrogen-bond donors (Lipinski definition) is 1. The number of piperidine rings is 1. The van der Waals surface area contributed by atoms with Crippen molar-refractivity contribution in [1.82, 2.24) is 34.0 Å². The Morgan fingerprint density at radius 1 is 0.939 bits per heavy atom. The number of ether oxygens (including phenoxy) is 1. The molecule has 2 atom stereocenters. The molecule has 1 spiro atoms. The van der Waals surface area contributed by atoms with E-state index in [2.05, 4.69) is 10.1 Å². The zero-order valence-corrected chi connectivity index (χ0v) is 28.5. The van der Waals surface area contributed by atoms with Crippen molar-refractivity contribution in [2.75, 3.05) is 32.7 Å². The third kappa shape index (κ3) is 6.18. The van der Waals surface area contributed by atoms with E-state index in [1.807, 2.05) is 91.2 Å². The maximum Gasteiger partial charge on any atom is 0.410 e. The molecule has 1 saturated carbocycles. The number of rotatable bonds is 4. The van der Waals surface area contributed by atoms with Gasteiger partial charge in [-0.3, -0.25) is 9.36 Å². The number of benzene rings is 2. The van der Waals surface area contributed by atoms with Crippen LogP contribution in [0.4, 0.5) is 9.59 Å². The zero-order valence-electron chi connectivity index (χ0n) is 28.5. The fourth-order valence-electron chi connectivity index (χ4n) is 8.01. The van der Waals surface area contributed by atoms with Gasteiger partial charge in [0.1, 0.15) is 17.3 Å². The van der Waals surface area contributed by atoms with Crippen molar-refractivity contribution >= 4 is 23.2 Å². The van der Waals surface area contributed by atoms with Crippen molar-refractivity contribution in [3.63, 3.8) is 0 Å². The Labute approximate surface area is 285 Å². The summed E-state index contributed by atoms with van der Waals surface area (Å²) in [6.07, 6.45) is 6.42. The maximum absolute atomic E-state index is 14.4. The molecular formula is C37H45N7O5. The standard InChI is InChI=1S/C37H45N7O5/c1-35(2,3)49-34(47)40-20-21-43(30(23-40)27-12-6-4-7-13-27)33(46)41-19-18-37(48,36(24-41)16-10-11-17-36)25-42-26-38-31-29(32(42)45)22-39-44(31)28-14-8-5-9-15-28/h4-9,12-15,22,26,30,48H,10-11,16-21,23-25H2,1-3H3/t30-,37?/m0/s1. The second kappa shape index (κ2) is 12.6. The van der Waals surface area contributed by atoms with Gasteiger partial charge in [0.15, 0.2) is 5.65 Å². The number of likely N-dealkylation sites (tertiary alicyclic amines) is 1. The SMILES string of the molecule is CC(C)(C)OC(=O)N1CCN(C(=O)N2CCC(O)(Cn3cnc4c(cnn4-c4ccccc4)c3=O)C3(CCCC3)C2)[C@H](c2ccccc2)C1. The Bertz CT molecular complexity index is 1880. The quantitative estimate of drug-likeness (QED) is 0.325. The lowest BCUT2D eigenvalue weighted by molar-refractivity contribution is -0.137. The van der Waals surface area contributed by atoms with E-state index in [0.29, 0.717) is 50.2 Å². The van der Waals surface area contributed by atoms with Crippen LogP contribution in [0.1, 0.15) is 64.5 Å². The van der Waals surface area contributed by atoms with Gasteiger partial charge in [-0.15, -0.1) is 0 Å². The first-order valence-corrected chi connectivity index (χ1v) is 17.3. The number of para-hydroxylation sites is 1. The smallest absolute Gasteiger partial charge is 0.410 e. The molecule has 12 heteroatoms. The summed E-state index contributed by atoms with van der Waals surface area (Å²) in [7, 11) is 0. The highest BCUT2D eigenvalue weighted by Crippen LogP contribution is 2.52. The number of carbonyl (C=O) groups is 2. The van der Waals surface area contributed by atoms with E-state index in [1.165, 1.54) is 17.1 Å². The van der Waals surface area contributed by atoms with Crippen LogP contribution >= 0.6 is 0 Å². The molecule has 4 aromatic rings. The largest absolute Gasteiger partial charge is 0.444 e. The second-order valence-electron chi connectivity index (χ2n) is 14.8. The van der Waals surface area contributed by atoms with Crippen molar-refractivity contribution in [3.05, 3.63) is 89.1 Å². The van der Waals surface area contributed by atoms with Gasteiger partial charge in [-0.2, -0.15) is 5.10 Å². The predicted molar refractivity (Wildman–Crippen MR) is 184 cm³/mol. The fourth-order valence-corrected chi connectivity index (χ4v) is 8.01. The van der Waals surface area contributed by atoms with Gasteiger partial charge >= 0.3 is 12.1 Å². The van der Waals surface area contributed by atoms with Crippen LogP contribution in [0.25, 0.3) is 16.7 Å². The van der Waals surface area contributed by atoms with Crippen LogP contribution < -0.4 is 5.56 Å². The van der Waals surface area contributed by atoms with E-state index in [9.17, 15) is 19.5 Å². The Balaban J connectivity index is 1.12. The van der Waals surface area contributed by atoms with Crippen LogP contribution in [-0.4, -0.2) is 95.2 Å². The molecular weight excluding hydrogens is 622 g/mol. The van der Waals surface area contributed by atoms with Gasteiger partial charge in [-0.1, -0.05) is 61.4 Å². The minimum atomic E-state index is -1.21. The summed E-state index contributed by atoms with van der Waals surface area (Å²) >= 11 is 0. The molecule has 3 aliphatic rings.